The Morgan fingerprint density at radius 3 is 2.75 bits per heavy atom. The highest BCUT2D eigenvalue weighted by Crippen LogP contribution is 2.32. The Balaban J connectivity index is 1.60. The summed E-state index contributed by atoms with van der Waals surface area (Å²) in [6.45, 7) is 2.59. The van der Waals surface area contributed by atoms with Gasteiger partial charge in [0, 0.05) is 12.1 Å². The molecule has 0 bridgehead atoms. The quantitative estimate of drug-likeness (QED) is 0.842. The first kappa shape index (κ1) is 16.2. The Kier molecular flexibility index (Phi) is 4.93. The van der Waals surface area contributed by atoms with Gasteiger partial charge in [-0.15, -0.1) is 0 Å². The van der Waals surface area contributed by atoms with Crippen LogP contribution >= 0.6 is 0 Å². The summed E-state index contributed by atoms with van der Waals surface area (Å²) in [6, 6.07) is 12.3. The number of para-hydroxylation sites is 1. The van der Waals surface area contributed by atoms with Crippen LogP contribution in [0.2, 0.25) is 0 Å². The van der Waals surface area contributed by atoms with E-state index in [0.29, 0.717) is 12.5 Å². The summed E-state index contributed by atoms with van der Waals surface area (Å²) < 4.78 is 6.83. The van der Waals surface area contributed by atoms with Crippen molar-refractivity contribution in [2.75, 3.05) is 6.61 Å². The Morgan fingerprint density at radius 1 is 1.29 bits per heavy atom. The summed E-state index contributed by atoms with van der Waals surface area (Å²) in [5, 5.41) is 7.09. The van der Waals surface area contributed by atoms with E-state index < -0.39 is 0 Å². The number of ether oxygens (including phenoxy) is 1. The molecule has 0 spiro atoms. The van der Waals surface area contributed by atoms with E-state index >= 15 is 0 Å². The molecule has 1 aromatic carbocycles. The largest absolute Gasteiger partial charge is 0.492 e. The van der Waals surface area contributed by atoms with E-state index in [-0.39, 0.29) is 29.7 Å². The van der Waals surface area contributed by atoms with Crippen molar-refractivity contribution in [3.63, 3.8) is 0 Å². The zero-order valence-electron chi connectivity index (χ0n) is 13.6. The van der Waals surface area contributed by atoms with E-state index in [9.17, 15) is 9.59 Å². The standard InChI is InChI=1S/C18H21N3O3/c1-13(14-7-8-14)19-18(23)16-9-10-17(22)21(20-16)11-12-24-15-5-3-2-4-6-15/h2-6,9-10,13-14H,7-8,11-12H2,1H3,(H,19,23)/t13-/m1/s1. The van der Waals surface area contributed by atoms with Gasteiger partial charge in [-0.25, -0.2) is 4.68 Å². The molecule has 1 N–H and O–H groups in total. The van der Waals surface area contributed by atoms with Gasteiger partial charge in [-0.3, -0.25) is 9.59 Å². The number of rotatable bonds is 7. The minimum Gasteiger partial charge on any atom is -0.492 e. The van der Waals surface area contributed by atoms with Crippen molar-refractivity contribution >= 4 is 5.91 Å². The minimum absolute atomic E-state index is 0.140. The van der Waals surface area contributed by atoms with Crippen LogP contribution in [0.3, 0.4) is 0 Å². The third-order valence-corrected chi connectivity index (χ3v) is 4.10. The highest BCUT2D eigenvalue weighted by Gasteiger charge is 2.29. The Hall–Kier alpha value is -2.63. The highest BCUT2D eigenvalue weighted by molar-refractivity contribution is 5.92. The number of carbonyl (C=O) groups excluding carboxylic acids is 1. The maximum atomic E-state index is 12.2. The lowest BCUT2D eigenvalue weighted by molar-refractivity contribution is 0.0927. The van der Waals surface area contributed by atoms with Crippen molar-refractivity contribution in [3.05, 3.63) is 58.5 Å². The van der Waals surface area contributed by atoms with Crippen LogP contribution in [0.25, 0.3) is 0 Å². The lowest BCUT2D eigenvalue weighted by atomic mass is 10.2. The van der Waals surface area contributed by atoms with Gasteiger partial charge in [0.05, 0.1) is 6.54 Å². The summed E-state index contributed by atoms with van der Waals surface area (Å²) >= 11 is 0. The maximum absolute atomic E-state index is 12.2. The second-order valence-corrected chi connectivity index (χ2v) is 6.04. The molecule has 1 fully saturated rings. The number of nitrogens with one attached hydrogen (secondary N) is 1. The monoisotopic (exact) mass is 327 g/mol. The van der Waals surface area contributed by atoms with Crippen LogP contribution in [0.15, 0.2) is 47.3 Å². The number of hydrogen-bond acceptors (Lipinski definition) is 4. The van der Waals surface area contributed by atoms with Gasteiger partial charge in [-0.05, 0) is 43.9 Å². The molecule has 0 saturated heterocycles. The predicted octanol–water partition coefficient (Wildman–Crippen LogP) is 1.85. The van der Waals surface area contributed by atoms with Crippen molar-refractivity contribution in [3.8, 4) is 5.75 Å². The Morgan fingerprint density at radius 2 is 2.04 bits per heavy atom. The average molecular weight is 327 g/mol. The smallest absolute Gasteiger partial charge is 0.271 e. The van der Waals surface area contributed by atoms with Crippen molar-refractivity contribution in [2.24, 2.45) is 5.92 Å². The molecule has 6 heteroatoms. The highest BCUT2D eigenvalue weighted by atomic mass is 16.5. The minimum atomic E-state index is -0.251. The van der Waals surface area contributed by atoms with E-state index in [1.54, 1.807) is 0 Å². The van der Waals surface area contributed by atoms with Crippen LogP contribution in [-0.4, -0.2) is 28.3 Å². The third-order valence-electron chi connectivity index (χ3n) is 4.10. The van der Waals surface area contributed by atoms with Gasteiger partial charge in [0.2, 0.25) is 0 Å². The lowest BCUT2D eigenvalue weighted by Crippen LogP contribution is -2.36. The second-order valence-electron chi connectivity index (χ2n) is 6.04. The zero-order valence-corrected chi connectivity index (χ0v) is 13.6. The average Bonchev–Trinajstić information content (AvgIpc) is 3.42. The molecule has 1 heterocycles. The number of amides is 1. The molecule has 1 amide bonds. The van der Waals surface area contributed by atoms with Crippen LogP contribution in [-0.2, 0) is 6.54 Å². The summed E-state index contributed by atoms with van der Waals surface area (Å²) in [6.07, 6.45) is 2.32. The molecule has 126 valence electrons. The van der Waals surface area contributed by atoms with Gasteiger partial charge in [-0.2, -0.15) is 5.10 Å². The van der Waals surface area contributed by atoms with E-state index in [0.717, 1.165) is 18.6 Å². The number of hydrogen-bond donors (Lipinski definition) is 1. The number of aromatic nitrogens is 2. The number of benzene rings is 1. The maximum Gasteiger partial charge on any atom is 0.271 e. The first-order valence-corrected chi connectivity index (χ1v) is 8.20. The summed E-state index contributed by atoms with van der Waals surface area (Å²) in [7, 11) is 0. The Labute approximate surface area is 140 Å². The van der Waals surface area contributed by atoms with Crippen LogP contribution < -0.4 is 15.6 Å². The van der Waals surface area contributed by atoms with E-state index in [2.05, 4.69) is 10.4 Å². The molecule has 1 aliphatic rings. The Bertz CT molecular complexity index is 754. The van der Waals surface area contributed by atoms with Gasteiger partial charge >= 0.3 is 0 Å². The fourth-order valence-corrected chi connectivity index (χ4v) is 2.49. The summed E-state index contributed by atoms with van der Waals surface area (Å²) in [4.78, 5) is 24.1. The number of carbonyl (C=O) groups is 1. The molecule has 1 aliphatic carbocycles. The number of nitrogens with zero attached hydrogens (tertiary/aromatic N) is 2. The molecule has 24 heavy (non-hydrogen) atoms. The summed E-state index contributed by atoms with van der Waals surface area (Å²) in [5.41, 5.74) is 0.000245. The molecule has 1 atom stereocenters. The molecule has 6 nitrogen and oxygen atoms in total. The van der Waals surface area contributed by atoms with E-state index in [1.807, 2.05) is 37.3 Å². The van der Waals surface area contributed by atoms with E-state index in [4.69, 9.17) is 4.74 Å². The van der Waals surface area contributed by atoms with Crippen molar-refractivity contribution in [1.82, 2.24) is 15.1 Å². The SMILES string of the molecule is C[C@@H](NC(=O)c1ccc(=O)n(CCOc2ccccc2)n1)C1CC1. The first-order chi connectivity index (χ1) is 11.6. The van der Waals surface area contributed by atoms with E-state index in [1.165, 1.54) is 16.8 Å². The van der Waals surface area contributed by atoms with Gasteiger partial charge in [-0.1, -0.05) is 18.2 Å². The van der Waals surface area contributed by atoms with Crippen LogP contribution in [0.5, 0.6) is 5.75 Å². The second kappa shape index (κ2) is 7.29. The molecule has 1 saturated carbocycles. The fourth-order valence-electron chi connectivity index (χ4n) is 2.49. The summed E-state index contributed by atoms with van der Waals surface area (Å²) in [5.74, 6) is 1.06. The molecular formula is C18H21N3O3. The molecule has 0 radical (unpaired) electrons. The normalized spacial score (nSPS) is 14.9. The van der Waals surface area contributed by atoms with Gasteiger partial charge < -0.3 is 10.1 Å². The first-order valence-electron chi connectivity index (χ1n) is 8.20. The molecule has 0 aliphatic heterocycles. The molecule has 3 rings (SSSR count). The van der Waals surface area contributed by atoms with Crippen molar-refractivity contribution < 1.29 is 9.53 Å². The topological polar surface area (TPSA) is 73.2 Å². The van der Waals surface area contributed by atoms with Crippen LogP contribution in [0, 0.1) is 5.92 Å². The molecule has 0 unspecified atom stereocenters. The fraction of sp³-hybridized carbons (Fsp3) is 0.389. The molecule has 1 aromatic heterocycles. The predicted molar refractivity (Wildman–Crippen MR) is 90.1 cm³/mol. The van der Waals surface area contributed by atoms with Gasteiger partial charge in [0.25, 0.3) is 11.5 Å². The molecular weight excluding hydrogens is 306 g/mol. The van der Waals surface area contributed by atoms with Gasteiger partial charge in [0.15, 0.2) is 0 Å². The van der Waals surface area contributed by atoms with Gasteiger partial charge in [0.1, 0.15) is 18.1 Å². The third kappa shape index (κ3) is 4.22. The zero-order chi connectivity index (χ0) is 16.9. The van der Waals surface area contributed by atoms with Crippen LogP contribution in [0.1, 0.15) is 30.3 Å². The van der Waals surface area contributed by atoms with Crippen LogP contribution in [0.4, 0.5) is 0 Å². The molecule has 2 aromatic rings. The van der Waals surface area contributed by atoms with Crippen molar-refractivity contribution in [1.29, 1.82) is 0 Å². The van der Waals surface area contributed by atoms with Crippen molar-refractivity contribution in [2.45, 2.75) is 32.4 Å². The lowest BCUT2D eigenvalue weighted by Gasteiger charge is -2.13.